The van der Waals surface area contributed by atoms with Gasteiger partial charge in [-0.15, -0.1) is 0 Å². The molecule has 0 spiro atoms. The fourth-order valence-corrected chi connectivity index (χ4v) is 4.53. The van der Waals surface area contributed by atoms with E-state index in [1.54, 1.807) is 6.92 Å². The maximum Gasteiger partial charge on any atom is 0.247 e. The molecule has 1 aromatic carbocycles. The first-order valence-electron chi connectivity index (χ1n) is 8.82. The number of aryl methyl sites for hydroxylation is 2. The lowest BCUT2D eigenvalue weighted by Gasteiger charge is -2.24. The van der Waals surface area contributed by atoms with Gasteiger partial charge in [-0.1, -0.05) is 24.3 Å². The van der Waals surface area contributed by atoms with Crippen molar-refractivity contribution in [1.82, 2.24) is 4.90 Å². The van der Waals surface area contributed by atoms with Crippen LogP contribution in [0.3, 0.4) is 0 Å². The Kier molecular flexibility index (Phi) is 3.56. The number of nitrogens with one attached hydrogen (secondary N) is 1. The maximum absolute atomic E-state index is 12.8. The lowest BCUT2D eigenvalue weighted by Crippen LogP contribution is -2.46. The number of allylic oxidation sites excluding steroid dienone is 2. The van der Waals surface area contributed by atoms with Gasteiger partial charge in [0, 0.05) is 5.69 Å². The van der Waals surface area contributed by atoms with Gasteiger partial charge in [0.25, 0.3) is 0 Å². The van der Waals surface area contributed by atoms with Gasteiger partial charge in [-0.25, -0.2) is 0 Å². The molecule has 2 aliphatic carbocycles. The monoisotopic (exact) mass is 338 g/mol. The van der Waals surface area contributed by atoms with Crippen molar-refractivity contribution in [2.45, 2.75) is 33.2 Å². The number of benzene rings is 1. The zero-order chi connectivity index (χ0) is 17.9. The van der Waals surface area contributed by atoms with E-state index in [9.17, 15) is 14.4 Å². The van der Waals surface area contributed by atoms with Gasteiger partial charge in [0.2, 0.25) is 17.7 Å². The number of rotatable bonds is 3. The summed E-state index contributed by atoms with van der Waals surface area (Å²) in [7, 11) is 0. The maximum atomic E-state index is 12.8. The second-order valence-corrected chi connectivity index (χ2v) is 7.53. The van der Waals surface area contributed by atoms with E-state index in [0.717, 1.165) is 23.2 Å². The summed E-state index contributed by atoms with van der Waals surface area (Å²) in [5.41, 5.74) is 2.71. The van der Waals surface area contributed by atoms with Crippen LogP contribution < -0.4 is 5.32 Å². The summed E-state index contributed by atoms with van der Waals surface area (Å²) in [5, 5.41) is 2.87. The van der Waals surface area contributed by atoms with Crippen LogP contribution in [0.2, 0.25) is 0 Å². The number of hydrogen-bond donors (Lipinski definition) is 1. The number of nitrogens with zero attached hydrogens (tertiary/aromatic N) is 1. The average Bonchev–Trinajstić information content (AvgIpc) is 3.24. The van der Waals surface area contributed by atoms with Crippen LogP contribution in [0.25, 0.3) is 0 Å². The van der Waals surface area contributed by atoms with Crippen molar-refractivity contribution in [2.24, 2.45) is 23.7 Å². The van der Waals surface area contributed by atoms with Crippen LogP contribution >= 0.6 is 0 Å². The fraction of sp³-hybridized carbons (Fsp3) is 0.450. The minimum atomic E-state index is -0.801. The summed E-state index contributed by atoms with van der Waals surface area (Å²) in [4.78, 5) is 39.5. The molecule has 1 saturated carbocycles. The Morgan fingerprint density at radius 2 is 1.72 bits per heavy atom. The summed E-state index contributed by atoms with van der Waals surface area (Å²) in [6.07, 6.45) is 5.01. The Labute approximate surface area is 147 Å². The van der Waals surface area contributed by atoms with Crippen LogP contribution in [-0.4, -0.2) is 28.7 Å². The van der Waals surface area contributed by atoms with Gasteiger partial charge in [0.15, 0.2) is 0 Å². The minimum Gasteiger partial charge on any atom is -0.324 e. The van der Waals surface area contributed by atoms with E-state index in [1.165, 1.54) is 4.90 Å². The Balaban J connectivity index is 1.54. The highest BCUT2D eigenvalue weighted by Gasteiger charge is 2.60. The van der Waals surface area contributed by atoms with Crippen molar-refractivity contribution < 1.29 is 14.4 Å². The molecule has 1 saturated heterocycles. The molecule has 130 valence electrons. The lowest BCUT2D eigenvalue weighted by molar-refractivity contribution is -0.146. The Morgan fingerprint density at radius 3 is 2.32 bits per heavy atom. The smallest absolute Gasteiger partial charge is 0.247 e. The van der Waals surface area contributed by atoms with Crippen molar-refractivity contribution in [3.63, 3.8) is 0 Å². The molecule has 2 bridgehead atoms. The number of hydrogen-bond acceptors (Lipinski definition) is 3. The molecule has 5 atom stereocenters. The van der Waals surface area contributed by atoms with Crippen LogP contribution in [0.1, 0.15) is 24.5 Å². The van der Waals surface area contributed by atoms with Gasteiger partial charge in [-0.05, 0) is 56.2 Å². The largest absolute Gasteiger partial charge is 0.324 e. The number of likely N-dealkylation sites (tertiary alicyclic amines) is 1. The summed E-state index contributed by atoms with van der Waals surface area (Å²) in [6, 6.07) is 5.01. The topological polar surface area (TPSA) is 66.5 Å². The molecule has 5 nitrogen and oxygen atoms in total. The molecule has 0 unspecified atom stereocenters. The first kappa shape index (κ1) is 16.1. The third-order valence-electron chi connectivity index (χ3n) is 5.92. The average molecular weight is 338 g/mol. The van der Waals surface area contributed by atoms with Gasteiger partial charge in [0.05, 0.1) is 11.8 Å². The summed E-state index contributed by atoms with van der Waals surface area (Å²) in [5.74, 6) is -0.907. The van der Waals surface area contributed by atoms with Crippen molar-refractivity contribution in [3.05, 3.63) is 41.5 Å². The molecule has 4 rings (SSSR count). The number of carbonyl (C=O) groups is 3. The summed E-state index contributed by atoms with van der Waals surface area (Å²) >= 11 is 0. The van der Waals surface area contributed by atoms with Gasteiger partial charge in [-0.2, -0.15) is 0 Å². The number of anilines is 1. The van der Waals surface area contributed by atoms with Gasteiger partial charge < -0.3 is 5.32 Å². The lowest BCUT2D eigenvalue weighted by atomic mass is 9.85. The summed E-state index contributed by atoms with van der Waals surface area (Å²) < 4.78 is 0. The molecular formula is C20H22N2O3. The second kappa shape index (κ2) is 5.55. The Bertz CT molecular complexity index is 783. The Hall–Kier alpha value is -2.43. The molecule has 1 aromatic rings. The number of imide groups is 1. The molecule has 0 radical (unpaired) electrons. The van der Waals surface area contributed by atoms with E-state index >= 15 is 0 Å². The van der Waals surface area contributed by atoms with E-state index in [4.69, 9.17) is 0 Å². The number of carbonyl (C=O) groups excluding carboxylic acids is 3. The second-order valence-electron chi connectivity index (χ2n) is 7.53. The third-order valence-corrected chi connectivity index (χ3v) is 5.92. The van der Waals surface area contributed by atoms with E-state index in [0.29, 0.717) is 0 Å². The van der Waals surface area contributed by atoms with E-state index < -0.39 is 6.04 Å². The highest BCUT2D eigenvalue weighted by molar-refractivity contribution is 6.10. The van der Waals surface area contributed by atoms with E-state index in [1.807, 2.05) is 32.0 Å². The molecule has 1 aliphatic heterocycles. The zero-order valence-corrected chi connectivity index (χ0v) is 14.7. The van der Waals surface area contributed by atoms with Crippen LogP contribution in [0.15, 0.2) is 30.4 Å². The van der Waals surface area contributed by atoms with Gasteiger partial charge in [-0.3, -0.25) is 19.3 Å². The van der Waals surface area contributed by atoms with Gasteiger partial charge >= 0.3 is 0 Å². The first-order valence-corrected chi connectivity index (χ1v) is 8.82. The molecule has 3 aliphatic rings. The van der Waals surface area contributed by atoms with Crippen molar-refractivity contribution in [1.29, 1.82) is 0 Å². The third kappa shape index (κ3) is 2.33. The van der Waals surface area contributed by atoms with Crippen LogP contribution in [0.5, 0.6) is 0 Å². The molecule has 1 N–H and O–H groups in total. The van der Waals surface area contributed by atoms with Crippen LogP contribution in [0.4, 0.5) is 5.69 Å². The van der Waals surface area contributed by atoms with Crippen molar-refractivity contribution in [2.75, 3.05) is 5.32 Å². The standard InChI is InChI=1S/C20H22N2O3/c1-10-4-5-11(2)15(8-10)21-18(23)12(3)22-19(24)16-13-6-7-14(9-13)17(16)20(22)25/h4-8,12-14,16-17H,9H2,1-3H3,(H,21,23)/t12-,13-,14+,16-,17+/m0/s1. The van der Waals surface area contributed by atoms with Crippen LogP contribution in [-0.2, 0) is 14.4 Å². The number of fused-ring (bicyclic) bond motifs is 5. The molecular weight excluding hydrogens is 316 g/mol. The SMILES string of the molecule is Cc1ccc(C)c(NC(=O)[C@H](C)N2C(=O)[C@@H]3[C@H](C2=O)[C@@H]2C=C[C@H]3C2)c1. The van der Waals surface area contributed by atoms with E-state index in [-0.39, 0.29) is 41.4 Å². The normalized spacial score (nSPS) is 30.8. The van der Waals surface area contributed by atoms with Crippen LogP contribution in [0, 0.1) is 37.5 Å². The molecule has 2 fully saturated rings. The molecule has 0 aromatic heterocycles. The number of amides is 3. The van der Waals surface area contributed by atoms with Crippen molar-refractivity contribution in [3.8, 4) is 0 Å². The summed E-state index contributed by atoms with van der Waals surface area (Å²) in [6.45, 7) is 5.50. The first-order chi connectivity index (χ1) is 11.9. The quantitative estimate of drug-likeness (QED) is 0.680. The predicted molar refractivity (Wildman–Crippen MR) is 93.6 cm³/mol. The molecule has 5 heteroatoms. The van der Waals surface area contributed by atoms with E-state index in [2.05, 4.69) is 17.5 Å². The highest BCUT2D eigenvalue weighted by atomic mass is 16.2. The fourth-order valence-electron chi connectivity index (χ4n) is 4.53. The Morgan fingerprint density at radius 1 is 1.12 bits per heavy atom. The molecule has 3 amide bonds. The highest BCUT2D eigenvalue weighted by Crippen LogP contribution is 2.52. The molecule has 1 heterocycles. The molecule has 25 heavy (non-hydrogen) atoms. The van der Waals surface area contributed by atoms with Crippen molar-refractivity contribution >= 4 is 23.4 Å². The predicted octanol–water partition coefficient (Wildman–Crippen LogP) is 2.44. The van der Waals surface area contributed by atoms with Gasteiger partial charge in [0.1, 0.15) is 6.04 Å². The zero-order valence-electron chi connectivity index (χ0n) is 14.7. The minimum absolute atomic E-state index is 0.158.